The van der Waals surface area contributed by atoms with Gasteiger partial charge in [0.1, 0.15) is 11.1 Å². The van der Waals surface area contributed by atoms with Gasteiger partial charge in [0.15, 0.2) is 0 Å². The zero-order valence-corrected chi connectivity index (χ0v) is 23.1. The summed E-state index contributed by atoms with van der Waals surface area (Å²) in [7, 11) is 1.81. The molecular formula is C32H24Cl2F2N4. The lowest BCUT2D eigenvalue weighted by atomic mass is 9.73. The Morgan fingerprint density at radius 1 is 1.02 bits per heavy atom. The summed E-state index contributed by atoms with van der Waals surface area (Å²) < 4.78 is 32.5. The zero-order chi connectivity index (χ0) is 28.5. The molecule has 1 unspecified atom stereocenters. The van der Waals surface area contributed by atoms with Gasteiger partial charge in [-0.1, -0.05) is 77.8 Å². The molecule has 0 amide bonds. The molecule has 5 rings (SSSR count). The van der Waals surface area contributed by atoms with Gasteiger partial charge in [-0.3, -0.25) is 0 Å². The van der Waals surface area contributed by atoms with E-state index in [-0.39, 0.29) is 22.7 Å². The van der Waals surface area contributed by atoms with Crippen LogP contribution in [0.4, 0.5) is 8.78 Å². The molecule has 0 saturated heterocycles. The Morgan fingerprint density at radius 2 is 1.73 bits per heavy atom. The molecule has 0 radical (unpaired) electrons. The van der Waals surface area contributed by atoms with Gasteiger partial charge in [0.05, 0.1) is 34.8 Å². The third-order valence-corrected chi connectivity index (χ3v) is 7.75. The number of pyridine rings is 1. The molecule has 0 aliphatic carbocycles. The summed E-state index contributed by atoms with van der Waals surface area (Å²) in [4.78, 5) is 8.69. The van der Waals surface area contributed by atoms with Crippen molar-refractivity contribution in [3.05, 3.63) is 142 Å². The van der Waals surface area contributed by atoms with Crippen LogP contribution in [0.25, 0.3) is 10.9 Å². The van der Waals surface area contributed by atoms with E-state index in [0.29, 0.717) is 32.7 Å². The average molecular weight is 573 g/mol. The van der Waals surface area contributed by atoms with Crippen molar-refractivity contribution < 1.29 is 8.78 Å². The topological polar surface area (TPSA) is 54.5 Å². The minimum Gasteiger partial charge on any atom is -0.336 e. The largest absolute Gasteiger partial charge is 0.336 e. The predicted octanol–water partition coefficient (Wildman–Crippen LogP) is 8.39. The first-order valence-corrected chi connectivity index (χ1v) is 13.3. The van der Waals surface area contributed by atoms with Gasteiger partial charge in [-0.15, -0.1) is 6.58 Å². The van der Waals surface area contributed by atoms with Crippen LogP contribution in [0.1, 0.15) is 40.1 Å². The van der Waals surface area contributed by atoms with Crippen LogP contribution in [0.3, 0.4) is 0 Å². The highest BCUT2D eigenvalue weighted by Gasteiger charge is 2.40. The number of halogens is 4. The number of hydrogen-bond donors (Lipinski definition) is 0. The maximum Gasteiger partial charge on any atom is 0.293 e. The molecule has 2 heterocycles. The van der Waals surface area contributed by atoms with E-state index in [9.17, 15) is 5.26 Å². The summed E-state index contributed by atoms with van der Waals surface area (Å²) in [6, 6.07) is 23.9. The molecular weight excluding hydrogens is 549 g/mol. The number of benzene rings is 3. The minimum absolute atomic E-state index is 0.164. The van der Waals surface area contributed by atoms with Gasteiger partial charge >= 0.3 is 0 Å². The van der Waals surface area contributed by atoms with Crippen LogP contribution in [0, 0.1) is 11.3 Å². The third kappa shape index (κ3) is 4.77. The van der Waals surface area contributed by atoms with Gasteiger partial charge in [-0.05, 0) is 41.0 Å². The fraction of sp³-hybridized carbons (Fsp3) is 0.156. The standard InChI is InChI=1S/C32H24Cl2F2N4/c1-3-15-32(35,36)30-26(16-21-7-5-4-6-8-21)29(34)25-17-23(11-14-27(25)39-30)31(19-37,28-18-38-20-40(28)2)22-9-12-24(33)13-10-22/h3-14,17-18,20H,1,15-16H2,2H3. The molecule has 0 saturated carbocycles. The summed E-state index contributed by atoms with van der Waals surface area (Å²) >= 11 is 13.1. The average Bonchev–Trinajstić information content (AvgIpc) is 3.38. The van der Waals surface area contributed by atoms with Crippen LogP contribution in [0.5, 0.6) is 0 Å². The Labute approximate surface area is 241 Å². The lowest BCUT2D eigenvalue weighted by Gasteiger charge is -2.29. The number of alkyl halides is 2. The molecule has 0 aliphatic rings. The lowest BCUT2D eigenvalue weighted by Crippen LogP contribution is -2.30. The molecule has 4 nitrogen and oxygen atoms in total. The normalized spacial score (nSPS) is 13.1. The van der Waals surface area contributed by atoms with Gasteiger partial charge in [0.25, 0.3) is 5.92 Å². The highest BCUT2D eigenvalue weighted by molar-refractivity contribution is 6.36. The molecule has 0 fully saturated rings. The molecule has 200 valence electrons. The van der Waals surface area contributed by atoms with E-state index in [4.69, 9.17) is 23.2 Å². The molecule has 0 spiro atoms. The second kappa shape index (κ2) is 10.8. The van der Waals surface area contributed by atoms with Crippen molar-refractivity contribution in [2.24, 2.45) is 7.05 Å². The second-order valence-corrected chi connectivity index (χ2v) is 10.4. The fourth-order valence-electron chi connectivity index (χ4n) is 5.11. The van der Waals surface area contributed by atoms with Crippen LogP contribution >= 0.6 is 23.2 Å². The van der Waals surface area contributed by atoms with Crippen LogP contribution < -0.4 is 0 Å². The molecule has 5 aromatic rings. The van der Waals surface area contributed by atoms with Crippen molar-refractivity contribution >= 4 is 34.1 Å². The number of aryl methyl sites for hydroxylation is 1. The van der Waals surface area contributed by atoms with Crippen molar-refractivity contribution in [3.63, 3.8) is 0 Å². The van der Waals surface area contributed by atoms with Crippen molar-refractivity contribution in [1.29, 1.82) is 5.26 Å². The molecule has 0 N–H and O–H groups in total. The highest BCUT2D eigenvalue weighted by atomic mass is 35.5. The van der Waals surface area contributed by atoms with Gasteiger partial charge in [0.2, 0.25) is 0 Å². The van der Waals surface area contributed by atoms with Crippen molar-refractivity contribution in [3.8, 4) is 6.07 Å². The summed E-state index contributed by atoms with van der Waals surface area (Å²) in [5.74, 6) is -3.27. The maximum atomic E-state index is 15.4. The third-order valence-electron chi connectivity index (χ3n) is 7.07. The number of nitriles is 1. The Kier molecular flexibility index (Phi) is 7.46. The number of fused-ring (bicyclic) bond motifs is 1. The van der Waals surface area contributed by atoms with E-state index >= 15 is 8.78 Å². The van der Waals surface area contributed by atoms with Crippen LogP contribution in [-0.2, 0) is 24.8 Å². The molecule has 2 aromatic heterocycles. The predicted molar refractivity (Wildman–Crippen MR) is 155 cm³/mol. The van der Waals surface area contributed by atoms with Crippen molar-refractivity contribution in [2.75, 3.05) is 0 Å². The van der Waals surface area contributed by atoms with E-state index in [0.717, 1.165) is 5.56 Å². The number of imidazole rings is 1. The fourth-order valence-corrected chi connectivity index (χ4v) is 5.54. The Bertz CT molecular complexity index is 1740. The summed E-state index contributed by atoms with van der Waals surface area (Å²) in [6.45, 7) is 3.50. The highest BCUT2D eigenvalue weighted by Crippen LogP contribution is 2.43. The van der Waals surface area contributed by atoms with Crippen LogP contribution in [0.2, 0.25) is 10.0 Å². The minimum atomic E-state index is -3.27. The van der Waals surface area contributed by atoms with Gasteiger partial charge in [-0.25, -0.2) is 9.97 Å². The second-order valence-electron chi connectivity index (χ2n) is 9.60. The first-order valence-electron chi connectivity index (χ1n) is 12.5. The van der Waals surface area contributed by atoms with E-state index in [1.165, 1.54) is 6.08 Å². The lowest BCUT2D eigenvalue weighted by molar-refractivity contribution is -0.00591. The van der Waals surface area contributed by atoms with E-state index in [2.05, 4.69) is 22.6 Å². The van der Waals surface area contributed by atoms with Crippen molar-refractivity contribution in [2.45, 2.75) is 24.2 Å². The van der Waals surface area contributed by atoms with Crippen LogP contribution in [-0.4, -0.2) is 14.5 Å². The first-order chi connectivity index (χ1) is 19.2. The quantitative estimate of drug-likeness (QED) is 0.175. The molecule has 1 atom stereocenters. The Hall–Kier alpha value is -4.05. The summed E-state index contributed by atoms with van der Waals surface area (Å²) in [6.07, 6.45) is 4.03. The van der Waals surface area contributed by atoms with E-state index < -0.39 is 17.8 Å². The molecule has 40 heavy (non-hydrogen) atoms. The Balaban J connectivity index is 1.80. The smallest absolute Gasteiger partial charge is 0.293 e. The summed E-state index contributed by atoms with van der Waals surface area (Å²) in [5.41, 5.74) is 1.57. The van der Waals surface area contributed by atoms with E-state index in [1.54, 1.807) is 59.6 Å². The van der Waals surface area contributed by atoms with Gasteiger partial charge < -0.3 is 4.57 Å². The molecule has 0 bridgehead atoms. The number of nitrogens with zero attached hydrogens (tertiary/aromatic N) is 4. The van der Waals surface area contributed by atoms with Gasteiger partial charge in [-0.2, -0.15) is 14.0 Å². The zero-order valence-electron chi connectivity index (χ0n) is 21.6. The number of rotatable bonds is 8. The monoisotopic (exact) mass is 572 g/mol. The molecule has 3 aromatic carbocycles. The first kappa shape index (κ1) is 27.5. The summed E-state index contributed by atoms with van der Waals surface area (Å²) in [5, 5.41) is 11.9. The number of aromatic nitrogens is 3. The van der Waals surface area contributed by atoms with Crippen LogP contribution in [0.15, 0.2) is 98.0 Å². The maximum absolute atomic E-state index is 15.4. The molecule has 8 heteroatoms. The number of hydrogen-bond acceptors (Lipinski definition) is 3. The number of allylic oxidation sites excluding steroid dienone is 1. The molecule has 0 aliphatic heterocycles. The van der Waals surface area contributed by atoms with E-state index in [1.807, 2.05) is 37.4 Å². The Morgan fingerprint density at radius 3 is 2.35 bits per heavy atom. The SMILES string of the molecule is C=CCC(F)(F)c1nc2ccc(C(C#N)(c3ccc(Cl)cc3)c3cncn3C)cc2c(Cl)c1Cc1ccccc1. The van der Waals surface area contributed by atoms with Gasteiger partial charge in [0, 0.05) is 35.9 Å². The van der Waals surface area contributed by atoms with Crippen molar-refractivity contribution in [1.82, 2.24) is 14.5 Å².